The van der Waals surface area contributed by atoms with Gasteiger partial charge in [-0.2, -0.15) is 0 Å². The number of aromatic nitrogens is 1. The molecule has 1 amide bonds. The molecule has 21 heavy (non-hydrogen) atoms. The second-order valence-corrected chi connectivity index (χ2v) is 5.63. The number of amides is 1. The van der Waals surface area contributed by atoms with E-state index in [0.29, 0.717) is 19.6 Å². The molecular formula is C15H23FN4O. The van der Waals surface area contributed by atoms with Gasteiger partial charge >= 0.3 is 0 Å². The van der Waals surface area contributed by atoms with E-state index in [1.807, 2.05) is 14.0 Å². The summed E-state index contributed by atoms with van der Waals surface area (Å²) in [4.78, 5) is 20.5. The van der Waals surface area contributed by atoms with Crippen LogP contribution in [0.2, 0.25) is 0 Å². The first-order valence-corrected chi connectivity index (χ1v) is 7.35. The van der Waals surface area contributed by atoms with Crippen molar-refractivity contribution in [2.24, 2.45) is 0 Å². The maximum Gasteiger partial charge on any atom is 0.257 e. The Kier molecular flexibility index (Phi) is 4.77. The Balaban J connectivity index is 2.22. The lowest BCUT2D eigenvalue weighted by Gasteiger charge is -2.42. The van der Waals surface area contributed by atoms with Gasteiger partial charge in [0.25, 0.3) is 5.91 Å². The fourth-order valence-electron chi connectivity index (χ4n) is 2.64. The summed E-state index contributed by atoms with van der Waals surface area (Å²) in [5.41, 5.74) is 0.0879. The van der Waals surface area contributed by atoms with E-state index in [0.717, 1.165) is 0 Å². The van der Waals surface area contributed by atoms with Gasteiger partial charge < -0.3 is 10.2 Å². The summed E-state index contributed by atoms with van der Waals surface area (Å²) in [6, 6.07) is 1.97. The molecule has 1 aromatic rings. The number of anilines is 1. The minimum Gasteiger partial charge on any atom is -0.368 e. The van der Waals surface area contributed by atoms with Crippen LogP contribution in [0, 0.1) is 5.82 Å². The quantitative estimate of drug-likeness (QED) is 0.924. The van der Waals surface area contributed by atoms with Crippen molar-refractivity contribution in [2.75, 3.05) is 32.0 Å². The first kappa shape index (κ1) is 15.7. The lowest BCUT2D eigenvalue weighted by molar-refractivity contribution is 0.0410. The number of carbonyl (C=O) groups excluding carboxylic acids is 1. The molecule has 1 fully saturated rings. The summed E-state index contributed by atoms with van der Waals surface area (Å²) in [5.74, 6) is -0.692. The molecule has 2 rings (SSSR count). The van der Waals surface area contributed by atoms with Crippen LogP contribution in [0.5, 0.6) is 0 Å². The lowest BCUT2D eigenvalue weighted by atomic mass is 10.1. The minimum atomic E-state index is -0.566. The third kappa shape index (κ3) is 3.15. The summed E-state index contributed by atoms with van der Waals surface area (Å²) in [6.07, 6.45) is 1.47. The smallest absolute Gasteiger partial charge is 0.257 e. The fourth-order valence-corrected chi connectivity index (χ4v) is 2.64. The van der Waals surface area contributed by atoms with E-state index >= 15 is 0 Å². The van der Waals surface area contributed by atoms with Crippen LogP contribution in [0.25, 0.3) is 0 Å². The minimum absolute atomic E-state index is 0.0879. The lowest BCUT2D eigenvalue weighted by Crippen LogP contribution is -2.56. The average Bonchev–Trinajstić information content (AvgIpc) is 2.46. The normalized spacial score (nSPS) is 23.2. The Labute approximate surface area is 125 Å². The van der Waals surface area contributed by atoms with Crippen LogP contribution < -0.4 is 5.32 Å². The zero-order valence-corrected chi connectivity index (χ0v) is 13.1. The highest BCUT2D eigenvalue weighted by atomic mass is 19.1. The fraction of sp³-hybridized carbons (Fsp3) is 0.600. The monoisotopic (exact) mass is 294 g/mol. The Morgan fingerprint density at radius 1 is 1.43 bits per heavy atom. The van der Waals surface area contributed by atoms with Crippen molar-refractivity contribution >= 4 is 11.7 Å². The van der Waals surface area contributed by atoms with Crippen molar-refractivity contribution in [3.05, 3.63) is 23.6 Å². The summed E-state index contributed by atoms with van der Waals surface area (Å²) >= 11 is 0. The first-order valence-electron chi connectivity index (χ1n) is 7.35. The van der Waals surface area contributed by atoms with Gasteiger partial charge in [-0.05, 0) is 33.9 Å². The van der Waals surface area contributed by atoms with Crippen LogP contribution in [0.4, 0.5) is 10.2 Å². The van der Waals surface area contributed by atoms with Crippen molar-refractivity contribution in [3.63, 3.8) is 0 Å². The van der Waals surface area contributed by atoms with Gasteiger partial charge in [-0.25, -0.2) is 9.37 Å². The van der Waals surface area contributed by atoms with Crippen LogP contribution in [-0.4, -0.2) is 59.5 Å². The molecule has 2 unspecified atom stereocenters. The zero-order chi connectivity index (χ0) is 15.6. The number of halogens is 1. The largest absolute Gasteiger partial charge is 0.368 e. The highest BCUT2D eigenvalue weighted by Gasteiger charge is 2.31. The van der Waals surface area contributed by atoms with Gasteiger partial charge in [-0.3, -0.25) is 9.69 Å². The molecule has 1 aliphatic rings. The molecule has 0 spiro atoms. The van der Waals surface area contributed by atoms with Crippen LogP contribution in [0.3, 0.4) is 0 Å². The predicted octanol–water partition coefficient (Wildman–Crippen LogP) is 1.82. The van der Waals surface area contributed by atoms with Gasteiger partial charge in [0.2, 0.25) is 0 Å². The van der Waals surface area contributed by atoms with E-state index in [1.165, 1.54) is 12.3 Å². The van der Waals surface area contributed by atoms with Crippen molar-refractivity contribution < 1.29 is 9.18 Å². The molecule has 6 heteroatoms. The van der Waals surface area contributed by atoms with Crippen molar-refractivity contribution in [2.45, 2.75) is 32.9 Å². The molecule has 116 valence electrons. The van der Waals surface area contributed by atoms with Gasteiger partial charge in [-0.1, -0.05) is 0 Å². The van der Waals surface area contributed by atoms with Crippen LogP contribution >= 0.6 is 0 Å². The number of hydrogen-bond acceptors (Lipinski definition) is 4. The molecule has 1 N–H and O–H groups in total. The third-order valence-corrected chi connectivity index (χ3v) is 4.11. The zero-order valence-electron chi connectivity index (χ0n) is 13.1. The summed E-state index contributed by atoms with van der Waals surface area (Å²) in [5, 5.41) is 2.83. The van der Waals surface area contributed by atoms with Crippen LogP contribution in [0.15, 0.2) is 12.3 Å². The highest BCUT2D eigenvalue weighted by molar-refractivity contribution is 5.95. The van der Waals surface area contributed by atoms with Gasteiger partial charge in [-0.15, -0.1) is 0 Å². The highest BCUT2D eigenvalue weighted by Crippen LogP contribution is 2.20. The average molecular weight is 294 g/mol. The molecule has 0 bridgehead atoms. The number of pyridine rings is 1. The van der Waals surface area contributed by atoms with Gasteiger partial charge in [0, 0.05) is 37.9 Å². The summed E-state index contributed by atoms with van der Waals surface area (Å²) in [7, 11) is 2.05. The molecule has 0 aliphatic carbocycles. The standard InChI is InChI=1S/C15H23FN4O/c1-5-17-14-13(16)12(6-7-18-14)15(21)20-8-10(2)19(4)11(3)9-20/h6-7,10-11H,5,8-9H2,1-4H3,(H,17,18). The topological polar surface area (TPSA) is 48.5 Å². The Morgan fingerprint density at radius 3 is 2.62 bits per heavy atom. The predicted molar refractivity (Wildman–Crippen MR) is 80.9 cm³/mol. The Bertz CT molecular complexity index is 510. The molecule has 5 nitrogen and oxygen atoms in total. The van der Waals surface area contributed by atoms with Crippen molar-refractivity contribution in [1.82, 2.24) is 14.8 Å². The molecule has 1 aromatic heterocycles. The number of nitrogens with one attached hydrogen (secondary N) is 1. The number of likely N-dealkylation sites (N-methyl/N-ethyl adjacent to an activating group) is 1. The van der Waals surface area contributed by atoms with E-state index in [9.17, 15) is 9.18 Å². The number of hydrogen-bond donors (Lipinski definition) is 1. The molecule has 2 heterocycles. The van der Waals surface area contributed by atoms with Gasteiger partial charge in [0.15, 0.2) is 11.6 Å². The van der Waals surface area contributed by atoms with E-state index in [1.54, 1.807) is 4.90 Å². The van der Waals surface area contributed by atoms with Gasteiger partial charge in [0.05, 0.1) is 5.56 Å². The third-order valence-electron chi connectivity index (χ3n) is 4.11. The Morgan fingerprint density at radius 2 is 2.05 bits per heavy atom. The second kappa shape index (κ2) is 6.39. The maximum absolute atomic E-state index is 14.4. The molecular weight excluding hydrogens is 271 g/mol. The molecule has 2 atom stereocenters. The first-order chi connectivity index (χ1) is 9.95. The van der Waals surface area contributed by atoms with E-state index in [-0.39, 0.29) is 29.4 Å². The maximum atomic E-state index is 14.4. The molecule has 1 saturated heterocycles. The summed E-state index contributed by atoms with van der Waals surface area (Å²) < 4.78 is 14.4. The second-order valence-electron chi connectivity index (χ2n) is 5.63. The van der Waals surface area contributed by atoms with E-state index < -0.39 is 5.82 Å². The van der Waals surface area contributed by atoms with Crippen molar-refractivity contribution in [3.8, 4) is 0 Å². The number of rotatable bonds is 3. The number of carbonyl (C=O) groups is 1. The van der Waals surface area contributed by atoms with Crippen LogP contribution in [0.1, 0.15) is 31.1 Å². The number of nitrogens with zero attached hydrogens (tertiary/aromatic N) is 3. The molecule has 0 saturated carbocycles. The SMILES string of the molecule is CCNc1nccc(C(=O)N2CC(C)N(C)C(C)C2)c1F. The van der Waals surface area contributed by atoms with Gasteiger partial charge in [0.1, 0.15) is 0 Å². The van der Waals surface area contributed by atoms with Crippen LogP contribution in [-0.2, 0) is 0 Å². The molecule has 0 radical (unpaired) electrons. The Hall–Kier alpha value is -1.69. The van der Waals surface area contributed by atoms with E-state index in [2.05, 4.69) is 29.0 Å². The summed E-state index contributed by atoms with van der Waals surface area (Å²) in [6.45, 7) is 7.78. The van der Waals surface area contributed by atoms with Crippen molar-refractivity contribution in [1.29, 1.82) is 0 Å². The molecule has 0 aromatic carbocycles. The molecule has 1 aliphatic heterocycles. The van der Waals surface area contributed by atoms with E-state index in [4.69, 9.17) is 0 Å². The number of piperazine rings is 1.